The molecule has 0 bridgehead atoms. The predicted molar refractivity (Wildman–Crippen MR) is 157 cm³/mol. The summed E-state index contributed by atoms with van der Waals surface area (Å²) in [5, 5.41) is 2.70. The zero-order valence-corrected chi connectivity index (χ0v) is 24.7. The van der Waals surface area contributed by atoms with Crippen LogP contribution in [0.5, 0.6) is 5.75 Å². The first-order chi connectivity index (χ1) is 18.6. The van der Waals surface area contributed by atoms with E-state index in [0.717, 1.165) is 21.9 Å². The molecule has 10 heteroatoms. The van der Waals surface area contributed by atoms with Crippen LogP contribution in [0.25, 0.3) is 0 Å². The number of carbonyl (C=O) groups is 2. The Kier molecular flexibility index (Phi) is 10.9. The maximum Gasteiger partial charge on any atom is 0.242 e. The third-order valence-corrected chi connectivity index (χ3v) is 8.02. The van der Waals surface area contributed by atoms with E-state index < -0.39 is 16.1 Å². The molecule has 0 saturated carbocycles. The number of hydrogen-bond donors (Lipinski definition) is 1. The van der Waals surface area contributed by atoms with Crippen molar-refractivity contribution in [3.63, 3.8) is 0 Å². The van der Waals surface area contributed by atoms with Gasteiger partial charge >= 0.3 is 0 Å². The molecule has 8 nitrogen and oxygen atoms in total. The van der Waals surface area contributed by atoms with Crippen molar-refractivity contribution in [3.05, 3.63) is 94.5 Å². The molecule has 0 aromatic heterocycles. The first kappa shape index (κ1) is 30.2. The predicted octanol–water partition coefficient (Wildman–Crippen LogP) is 4.39. The molecule has 0 fully saturated rings. The van der Waals surface area contributed by atoms with Crippen LogP contribution < -0.4 is 14.4 Å². The number of rotatable bonds is 13. The van der Waals surface area contributed by atoms with Crippen molar-refractivity contribution in [1.29, 1.82) is 0 Å². The monoisotopic (exact) mass is 615 g/mol. The second kappa shape index (κ2) is 14.1. The van der Waals surface area contributed by atoms with Gasteiger partial charge in [-0.3, -0.25) is 13.9 Å². The van der Waals surface area contributed by atoms with Gasteiger partial charge < -0.3 is 15.0 Å². The first-order valence-electron chi connectivity index (χ1n) is 12.5. The SMILES string of the molecule is CNC(=O)C(Cc1ccccc1)N(Cc1ccc(Br)cc1)C(=O)CCCN(c1ccc(OC)cc1)S(C)(=O)=O. The second-order valence-corrected chi connectivity index (χ2v) is 11.9. The van der Waals surface area contributed by atoms with Crippen LogP contribution in [0.4, 0.5) is 5.69 Å². The van der Waals surface area contributed by atoms with E-state index in [1.54, 1.807) is 43.3 Å². The Morgan fingerprint density at radius 1 is 0.949 bits per heavy atom. The van der Waals surface area contributed by atoms with Gasteiger partial charge in [-0.1, -0.05) is 58.4 Å². The number of likely N-dealkylation sites (N-methyl/N-ethyl adjacent to an activating group) is 1. The third-order valence-electron chi connectivity index (χ3n) is 6.30. The van der Waals surface area contributed by atoms with E-state index in [9.17, 15) is 18.0 Å². The Balaban J connectivity index is 1.82. The Bertz CT molecular complexity index is 1330. The lowest BCUT2D eigenvalue weighted by Gasteiger charge is -2.31. The van der Waals surface area contributed by atoms with Crippen molar-refractivity contribution in [1.82, 2.24) is 10.2 Å². The summed E-state index contributed by atoms with van der Waals surface area (Å²) >= 11 is 3.43. The van der Waals surface area contributed by atoms with Crippen molar-refractivity contribution in [3.8, 4) is 5.75 Å². The number of nitrogens with zero attached hydrogens (tertiary/aromatic N) is 2. The maximum absolute atomic E-state index is 13.7. The lowest BCUT2D eigenvalue weighted by atomic mass is 10.0. The molecule has 1 atom stereocenters. The van der Waals surface area contributed by atoms with Crippen molar-refractivity contribution in [2.45, 2.75) is 31.8 Å². The van der Waals surface area contributed by atoms with Crippen LogP contribution in [0, 0.1) is 0 Å². The maximum atomic E-state index is 13.7. The Labute approximate surface area is 239 Å². The number of anilines is 1. The lowest BCUT2D eigenvalue weighted by molar-refractivity contribution is -0.141. The fraction of sp³-hybridized carbons (Fsp3) is 0.310. The average Bonchev–Trinajstić information content (AvgIpc) is 2.93. The van der Waals surface area contributed by atoms with E-state index in [1.807, 2.05) is 54.6 Å². The third kappa shape index (κ3) is 8.83. The highest BCUT2D eigenvalue weighted by atomic mass is 79.9. The van der Waals surface area contributed by atoms with Crippen LogP contribution in [0.15, 0.2) is 83.3 Å². The van der Waals surface area contributed by atoms with E-state index in [0.29, 0.717) is 17.9 Å². The van der Waals surface area contributed by atoms with Gasteiger partial charge in [0.1, 0.15) is 11.8 Å². The van der Waals surface area contributed by atoms with Gasteiger partial charge in [-0.2, -0.15) is 0 Å². The van der Waals surface area contributed by atoms with Gasteiger partial charge in [0.15, 0.2) is 0 Å². The molecule has 3 aromatic carbocycles. The van der Waals surface area contributed by atoms with Gasteiger partial charge in [-0.05, 0) is 53.9 Å². The van der Waals surface area contributed by atoms with Crippen molar-refractivity contribution >= 4 is 43.5 Å². The van der Waals surface area contributed by atoms with E-state index >= 15 is 0 Å². The standard InChI is InChI=1S/C29H34BrN3O5S/c1-31-29(35)27(20-22-8-5-4-6-9-22)32(21-23-11-13-24(30)14-12-23)28(34)10-7-19-33(39(3,36)37)25-15-17-26(38-2)18-16-25/h4-6,8-9,11-18,27H,7,10,19-21H2,1-3H3,(H,31,35). The molecule has 208 valence electrons. The van der Waals surface area contributed by atoms with Crippen LogP contribution in [-0.2, 0) is 32.6 Å². The van der Waals surface area contributed by atoms with E-state index in [2.05, 4.69) is 21.2 Å². The fourth-order valence-corrected chi connectivity index (χ4v) is 5.49. The van der Waals surface area contributed by atoms with Crippen molar-refractivity contribution < 1.29 is 22.7 Å². The highest BCUT2D eigenvalue weighted by Crippen LogP contribution is 2.23. The van der Waals surface area contributed by atoms with Gasteiger partial charge in [-0.15, -0.1) is 0 Å². The number of halogens is 1. The molecule has 3 rings (SSSR count). The lowest BCUT2D eigenvalue weighted by Crippen LogP contribution is -2.49. The van der Waals surface area contributed by atoms with Gasteiger partial charge in [-0.25, -0.2) is 8.42 Å². The topological polar surface area (TPSA) is 96.0 Å². The number of methoxy groups -OCH3 is 1. The summed E-state index contributed by atoms with van der Waals surface area (Å²) in [7, 11) is -0.486. The number of benzene rings is 3. The summed E-state index contributed by atoms with van der Waals surface area (Å²) < 4.78 is 32.5. The Hall–Kier alpha value is -3.37. The van der Waals surface area contributed by atoms with Crippen molar-refractivity contribution in [2.75, 3.05) is 31.3 Å². The molecular weight excluding hydrogens is 582 g/mol. The zero-order valence-electron chi connectivity index (χ0n) is 22.3. The molecule has 0 heterocycles. The second-order valence-electron chi connectivity index (χ2n) is 9.10. The molecule has 0 radical (unpaired) electrons. The largest absolute Gasteiger partial charge is 0.497 e. The van der Waals surface area contributed by atoms with Crippen molar-refractivity contribution in [2.24, 2.45) is 0 Å². The van der Waals surface area contributed by atoms with E-state index in [-0.39, 0.29) is 37.7 Å². The minimum absolute atomic E-state index is 0.0704. The van der Waals surface area contributed by atoms with E-state index in [4.69, 9.17) is 4.74 Å². The number of ether oxygens (including phenoxy) is 1. The fourth-order valence-electron chi connectivity index (χ4n) is 4.26. The number of carbonyl (C=O) groups excluding carboxylic acids is 2. The number of sulfonamides is 1. The van der Waals surface area contributed by atoms with Crippen LogP contribution in [0.2, 0.25) is 0 Å². The van der Waals surface area contributed by atoms with E-state index in [1.165, 1.54) is 4.31 Å². The van der Waals surface area contributed by atoms with Crippen LogP contribution in [-0.4, -0.2) is 58.1 Å². The van der Waals surface area contributed by atoms with Gasteiger partial charge in [0.25, 0.3) is 0 Å². The van der Waals surface area contributed by atoms with Gasteiger partial charge in [0.05, 0.1) is 19.1 Å². The zero-order chi connectivity index (χ0) is 28.4. The Morgan fingerprint density at radius 2 is 1.59 bits per heavy atom. The number of nitrogens with one attached hydrogen (secondary N) is 1. The molecule has 1 N–H and O–H groups in total. The number of amides is 2. The summed E-state index contributed by atoms with van der Waals surface area (Å²) in [6.45, 7) is 0.359. The average molecular weight is 617 g/mol. The molecule has 0 spiro atoms. The molecule has 2 amide bonds. The molecule has 0 saturated heterocycles. The molecule has 0 aliphatic heterocycles. The molecule has 3 aromatic rings. The summed E-state index contributed by atoms with van der Waals surface area (Å²) in [5.41, 5.74) is 2.30. The number of hydrogen-bond acceptors (Lipinski definition) is 5. The minimum Gasteiger partial charge on any atom is -0.497 e. The van der Waals surface area contributed by atoms with Gasteiger partial charge in [0.2, 0.25) is 21.8 Å². The molecule has 1 unspecified atom stereocenters. The first-order valence-corrected chi connectivity index (χ1v) is 15.2. The molecule has 0 aliphatic rings. The van der Waals surface area contributed by atoms with Crippen LogP contribution in [0.3, 0.4) is 0 Å². The highest BCUT2D eigenvalue weighted by molar-refractivity contribution is 9.10. The summed E-state index contributed by atoms with van der Waals surface area (Å²) in [4.78, 5) is 28.3. The molecular formula is C29H34BrN3O5S. The quantitative estimate of drug-likeness (QED) is 0.308. The van der Waals surface area contributed by atoms with Gasteiger partial charge in [0, 0.05) is 37.5 Å². The summed E-state index contributed by atoms with van der Waals surface area (Å²) in [6.07, 6.45) is 1.84. The summed E-state index contributed by atoms with van der Waals surface area (Å²) in [6, 6.07) is 23.1. The Morgan fingerprint density at radius 3 is 2.15 bits per heavy atom. The normalized spacial score (nSPS) is 11.9. The molecule has 0 aliphatic carbocycles. The van der Waals surface area contributed by atoms with Crippen LogP contribution in [0.1, 0.15) is 24.0 Å². The smallest absolute Gasteiger partial charge is 0.242 e. The molecule has 39 heavy (non-hydrogen) atoms. The minimum atomic E-state index is -3.58. The summed E-state index contributed by atoms with van der Waals surface area (Å²) in [5.74, 6) is 0.121. The highest BCUT2D eigenvalue weighted by Gasteiger charge is 2.30. The van der Waals surface area contributed by atoms with Crippen LogP contribution >= 0.6 is 15.9 Å².